The van der Waals surface area contributed by atoms with Crippen molar-refractivity contribution < 1.29 is 9.90 Å². The van der Waals surface area contributed by atoms with Gasteiger partial charge in [0.05, 0.1) is 5.92 Å². The van der Waals surface area contributed by atoms with Gasteiger partial charge in [-0.2, -0.15) is 0 Å². The number of carboxylic acids is 1. The molecule has 0 spiro atoms. The monoisotopic (exact) mass is 179 g/mol. The minimum Gasteiger partial charge on any atom is -0.481 e. The van der Waals surface area contributed by atoms with Gasteiger partial charge in [-0.05, 0) is 18.8 Å². The summed E-state index contributed by atoms with van der Waals surface area (Å²) < 4.78 is 0. The highest BCUT2D eigenvalue weighted by molar-refractivity contribution is 5.85. The zero-order chi connectivity index (χ0) is 7.72. The topological polar surface area (TPSA) is 63.3 Å². The molecule has 1 rings (SSSR count). The van der Waals surface area contributed by atoms with Crippen molar-refractivity contribution in [2.75, 3.05) is 0 Å². The molecule has 1 saturated carbocycles. The first-order valence-corrected chi connectivity index (χ1v) is 3.61. The molecule has 1 fully saturated rings. The summed E-state index contributed by atoms with van der Waals surface area (Å²) in [4.78, 5) is 10.4. The Balaban J connectivity index is 0.000001000. The van der Waals surface area contributed by atoms with Crippen LogP contribution in [0.1, 0.15) is 19.8 Å². The maximum absolute atomic E-state index is 10.4. The van der Waals surface area contributed by atoms with Crippen LogP contribution in [0.25, 0.3) is 0 Å². The highest BCUT2D eigenvalue weighted by atomic mass is 35.5. The van der Waals surface area contributed by atoms with Gasteiger partial charge >= 0.3 is 5.97 Å². The average molecular weight is 180 g/mol. The van der Waals surface area contributed by atoms with E-state index in [1.807, 2.05) is 0 Å². The molecule has 0 saturated heterocycles. The Hall–Kier alpha value is -0.280. The van der Waals surface area contributed by atoms with Gasteiger partial charge in [-0.15, -0.1) is 12.4 Å². The second-order valence-electron chi connectivity index (χ2n) is 3.03. The quantitative estimate of drug-likeness (QED) is 0.661. The Kier molecular flexibility index (Phi) is 3.83. The minimum atomic E-state index is -0.722. The summed E-state index contributed by atoms with van der Waals surface area (Å²) in [6.45, 7) is 1.73. The fourth-order valence-corrected chi connectivity index (χ4v) is 1.36. The van der Waals surface area contributed by atoms with Crippen LogP contribution in [0.3, 0.4) is 0 Å². The minimum absolute atomic E-state index is 0. The molecule has 3 nitrogen and oxygen atoms in total. The molecule has 11 heavy (non-hydrogen) atoms. The molecule has 1 aliphatic carbocycles. The SMILES string of the molecule is C[C@H](C(=O)O)[C@@H]1CC[C@@H]1N.Cl. The van der Waals surface area contributed by atoms with E-state index in [2.05, 4.69) is 0 Å². The molecular formula is C7H14ClNO2. The number of carbonyl (C=O) groups is 1. The van der Waals surface area contributed by atoms with Crippen molar-refractivity contribution in [3.63, 3.8) is 0 Å². The Morgan fingerprint density at radius 3 is 2.27 bits per heavy atom. The number of rotatable bonds is 2. The van der Waals surface area contributed by atoms with Crippen molar-refractivity contribution in [1.82, 2.24) is 0 Å². The van der Waals surface area contributed by atoms with Crippen molar-refractivity contribution in [3.8, 4) is 0 Å². The summed E-state index contributed by atoms with van der Waals surface area (Å²) in [5.74, 6) is -0.763. The normalized spacial score (nSPS) is 31.5. The lowest BCUT2D eigenvalue weighted by Gasteiger charge is -2.36. The standard InChI is InChI=1S/C7H13NO2.ClH/c1-4(7(9)10)5-2-3-6(5)8;/h4-6H,2-3,8H2,1H3,(H,9,10);1H/t4-,5-,6-;/m0./s1. The maximum Gasteiger partial charge on any atom is 0.306 e. The molecule has 0 radical (unpaired) electrons. The summed E-state index contributed by atoms with van der Waals surface area (Å²) >= 11 is 0. The third kappa shape index (κ3) is 2.07. The van der Waals surface area contributed by atoms with Crippen molar-refractivity contribution in [2.24, 2.45) is 17.6 Å². The third-order valence-electron chi connectivity index (χ3n) is 2.42. The van der Waals surface area contributed by atoms with E-state index >= 15 is 0 Å². The molecule has 0 bridgehead atoms. The number of carboxylic acid groups (broad SMARTS) is 1. The maximum atomic E-state index is 10.4. The molecule has 0 amide bonds. The van der Waals surface area contributed by atoms with Crippen LogP contribution in [0.2, 0.25) is 0 Å². The molecule has 0 heterocycles. The van der Waals surface area contributed by atoms with Gasteiger partial charge in [-0.3, -0.25) is 4.79 Å². The molecule has 0 aliphatic heterocycles. The average Bonchev–Trinajstić information content (AvgIpc) is 1.84. The van der Waals surface area contributed by atoms with Gasteiger partial charge in [0.1, 0.15) is 0 Å². The van der Waals surface area contributed by atoms with E-state index in [-0.39, 0.29) is 30.3 Å². The smallest absolute Gasteiger partial charge is 0.306 e. The van der Waals surface area contributed by atoms with Gasteiger partial charge in [-0.1, -0.05) is 6.92 Å². The molecule has 3 atom stereocenters. The van der Waals surface area contributed by atoms with E-state index in [1.165, 1.54) is 0 Å². The van der Waals surface area contributed by atoms with Gasteiger partial charge < -0.3 is 10.8 Å². The Morgan fingerprint density at radius 1 is 1.64 bits per heavy atom. The molecule has 4 heteroatoms. The Labute approximate surface area is 72.4 Å². The van der Waals surface area contributed by atoms with E-state index < -0.39 is 5.97 Å². The van der Waals surface area contributed by atoms with Crippen LogP contribution in [0, 0.1) is 11.8 Å². The predicted octanol–water partition coefficient (Wildman–Crippen LogP) is 0.866. The lowest BCUT2D eigenvalue weighted by atomic mass is 9.73. The Morgan fingerprint density at radius 2 is 2.18 bits per heavy atom. The first kappa shape index (κ1) is 10.7. The number of aliphatic carboxylic acids is 1. The first-order chi connectivity index (χ1) is 4.63. The summed E-state index contributed by atoms with van der Waals surface area (Å²) in [5.41, 5.74) is 5.60. The number of hydrogen-bond acceptors (Lipinski definition) is 2. The van der Waals surface area contributed by atoms with E-state index in [1.54, 1.807) is 6.92 Å². The largest absolute Gasteiger partial charge is 0.481 e. The van der Waals surface area contributed by atoms with Crippen LogP contribution in [0.4, 0.5) is 0 Å². The number of hydrogen-bond donors (Lipinski definition) is 2. The first-order valence-electron chi connectivity index (χ1n) is 3.61. The second-order valence-corrected chi connectivity index (χ2v) is 3.03. The molecular weight excluding hydrogens is 166 g/mol. The predicted molar refractivity (Wildman–Crippen MR) is 44.7 cm³/mol. The van der Waals surface area contributed by atoms with E-state index in [0.717, 1.165) is 12.8 Å². The summed E-state index contributed by atoms with van der Waals surface area (Å²) in [6, 6.07) is 0.131. The van der Waals surface area contributed by atoms with Crippen LogP contribution in [-0.4, -0.2) is 17.1 Å². The lowest BCUT2D eigenvalue weighted by molar-refractivity contribution is -0.144. The van der Waals surface area contributed by atoms with Crippen LogP contribution in [-0.2, 0) is 4.79 Å². The Bertz CT molecular complexity index is 151. The summed E-state index contributed by atoms with van der Waals surface area (Å²) in [7, 11) is 0. The van der Waals surface area contributed by atoms with E-state index in [9.17, 15) is 4.79 Å². The van der Waals surface area contributed by atoms with Gasteiger partial charge in [0, 0.05) is 6.04 Å². The summed E-state index contributed by atoms with van der Waals surface area (Å²) in [5, 5.41) is 8.58. The van der Waals surface area contributed by atoms with E-state index in [0.29, 0.717) is 0 Å². The van der Waals surface area contributed by atoms with Crippen molar-refractivity contribution in [1.29, 1.82) is 0 Å². The fourth-order valence-electron chi connectivity index (χ4n) is 1.36. The van der Waals surface area contributed by atoms with Gasteiger partial charge in [0.25, 0.3) is 0 Å². The zero-order valence-corrected chi connectivity index (χ0v) is 7.30. The molecule has 3 N–H and O–H groups in total. The molecule has 0 unspecified atom stereocenters. The van der Waals surface area contributed by atoms with Gasteiger partial charge in [-0.25, -0.2) is 0 Å². The highest BCUT2D eigenvalue weighted by Crippen LogP contribution is 2.32. The van der Waals surface area contributed by atoms with Gasteiger partial charge in [0.15, 0.2) is 0 Å². The highest BCUT2D eigenvalue weighted by Gasteiger charge is 2.35. The van der Waals surface area contributed by atoms with Crippen molar-refractivity contribution in [2.45, 2.75) is 25.8 Å². The third-order valence-corrected chi connectivity index (χ3v) is 2.42. The molecule has 0 aromatic heterocycles. The summed E-state index contributed by atoms with van der Waals surface area (Å²) in [6.07, 6.45) is 1.97. The fraction of sp³-hybridized carbons (Fsp3) is 0.857. The molecule has 66 valence electrons. The van der Waals surface area contributed by atoms with Crippen LogP contribution in [0.5, 0.6) is 0 Å². The second kappa shape index (κ2) is 3.93. The molecule has 1 aliphatic rings. The number of halogens is 1. The van der Waals surface area contributed by atoms with Crippen LogP contribution < -0.4 is 5.73 Å². The van der Waals surface area contributed by atoms with Crippen LogP contribution >= 0.6 is 12.4 Å². The molecule has 0 aromatic rings. The van der Waals surface area contributed by atoms with Crippen LogP contribution in [0.15, 0.2) is 0 Å². The lowest BCUT2D eigenvalue weighted by Crippen LogP contribution is -2.44. The van der Waals surface area contributed by atoms with Gasteiger partial charge in [0.2, 0.25) is 0 Å². The van der Waals surface area contributed by atoms with E-state index in [4.69, 9.17) is 10.8 Å². The van der Waals surface area contributed by atoms with Crippen molar-refractivity contribution >= 4 is 18.4 Å². The van der Waals surface area contributed by atoms with Crippen molar-refractivity contribution in [3.05, 3.63) is 0 Å². The zero-order valence-electron chi connectivity index (χ0n) is 6.49. The molecule has 0 aromatic carbocycles. The number of nitrogens with two attached hydrogens (primary N) is 1.